The summed E-state index contributed by atoms with van der Waals surface area (Å²) in [6, 6.07) is 5.83. The zero-order chi connectivity index (χ0) is 10.8. The third-order valence-corrected chi connectivity index (χ3v) is 2.64. The van der Waals surface area contributed by atoms with Crippen LogP contribution in [0, 0.1) is 0 Å². The van der Waals surface area contributed by atoms with Crippen molar-refractivity contribution in [3.63, 3.8) is 0 Å². The zero-order valence-electron chi connectivity index (χ0n) is 8.40. The topological polar surface area (TPSA) is 78.3 Å². The summed E-state index contributed by atoms with van der Waals surface area (Å²) in [6.07, 6.45) is 1.84. The number of nitrogens with two attached hydrogens (primary N) is 2. The summed E-state index contributed by atoms with van der Waals surface area (Å²) in [5.74, 6) is 0.272. The van der Waals surface area contributed by atoms with E-state index in [0.717, 1.165) is 29.7 Å². The number of fused-ring (bicyclic) bond motifs is 1. The lowest BCUT2D eigenvalue weighted by Gasteiger charge is -2.10. The molecule has 80 valence electrons. The van der Waals surface area contributed by atoms with E-state index in [1.165, 1.54) is 0 Å². The molecule has 1 aromatic rings. The van der Waals surface area contributed by atoms with Crippen molar-refractivity contribution in [1.29, 1.82) is 0 Å². The van der Waals surface area contributed by atoms with Crippen molar-refractivity contribution in [1.82, 2.24) is 0 Å². The highest BCUT2D eigenvalue weighted by atomic mass is 16.5. The number of benzene rings is 1. The summed E-state index contributed by atoms with van der Waals surface area (Å²) in [5, 5.41) is 0. The van der Waals surface area contributed by atoms with Crippen molar-refractivity contribution in [2.45, 2.75) is 18.9 Å². The molecule has 1 unspecified atom stereocenters. The van der Waals surface area contributed by atoms with Gasteiger partial charge in [0.05, 0.1) is 0 Å². The van der Waals surface area contributed by atoms with E-state index in [0.29, 0.717) is 0 Å². The first-order valence-corrected chi connectivity index (χ1v) is 4.97. The molecule has 0 fully saturated rings. The van der Waals surface area contributed by atoms with Gasteiger partial charge in [-0.15, -0.1) is 0 Å². The van der Waals surface area contributed by atoms with Gasteiger partial charge < -0.3 is 16.2 Å². The van der Waals surface area contributed by atoms with Crippen LogP contribution >= 0.6 is 0 Å². The third-order valence-electron chi connectivity index (χ3n) is 2.64. The van der Waals surface area contributed by atoms with Gasteiger partial charge in [-0.3, -0.25) is 4.79 Å². The molecule has 0 saturated heterocycles. The molecule has 1 atom stereocenters. The normalized spacial score (nSPS) is 18.6. The molecule has 0 saturated carbocycles. The molecule has 4 heteroatoms. The number of amides is 1. The molecule has 2 rings (SSSR count). The number of hydrogen-bond donors (Lipinski definition) is 2. The number of rotatable bonds is 3. The fraction of sp³-hybridized carbons (Fsp3) is 0.364. The molecule has 0 bridgehead atoms. The molecule has 1 aliphatic rings. The van der Waals surface area contributed by atoms with Gasteiger partial charge in [-0.1, -0.05) is 12.1 Å². The van der Waals surface area contributed by atoms with E-state index in [9.17, 15) is 4.79 Å². The molecule has 0 heterocycles. The average Bonchev–Trinajstić information content (AvgIpc) is 2.58. The molecule has 0 radical (unpaired) electrons. The Morgan fingerprint density at radius 3 is 3.07 bits per heavy atom. The van der Waals surface area contributed by atoms with Gasteiger partial charge in [0, 0.05) is 6.04 Å². The van der Waals surface area contributed by atoms with Crippen molar-refractivity contribution in [2.24, 2.45) is 11.5 Å². The lowest BCUT2D eigenvalue weighted by atomic mass is 10.1. The third kappa shape index (κ3) is 1.94. The van der Waals surface area contributed by atoms with Gasteiger partial charge in [-0.25, -0.2) is 0 Å². The smallest absolute Gasteiger partial charge is 0.255 e. The van der Waals surface area contributed by atoms with Crippen molar-refractivity contribution in [3.05, 3.63) is 29.3 Å². The van der Waals surface area contributed by atoms with E-state index in [1.807, 2.05) is 18.2 Å². The van der Waals surface area contributed by atoms with Crippen molar-refractivity contribution >= 4 is 5.91 Å². The van der Waals surface area contributed by atoms with Gasteiger partial charge in [0.15, 0.2) is 6.61 Å². The second kappa shape index (κ2) is 3.90. The number of carbonyl (C=O) groups excluding carboxylic acids is 1. The van der Waals surface area contributed by atoms with E-state index >= 15 is 0 Å². The molecule has 1 amide bonds. The average molecular weight is 206 g/mol. The van der Waals surface area contributed by atoms with Crippen LogP contribution in [0.5, 0.6) is 5.75 Å². The monoisotopic (exact) mass is 206 g/mol. The highest BCUT2D eigenvalue weighted by molar-refractivity contribution is 5.75. The molecule has 4 N–H and O–H groups in total. The maximum Gasteiger partial charge on any atom is 0.255 e. The Hall–Kier alpha value is -1.55. The minimum Gasteiger partial charge on any atom is -0.483 e. The number of carbonyl (C=O) groups is 1. The quantitative estimate of drug-likeness (QED) is 0.755. The van der Waals surface area contributed by atoms with Crippen LogP contribution in [0.15, 0.2) is 18.2 Å². The van der Waals surface area contributed by atoms with Crippen LogP contribution in [0.3, 0.4) is 0 Å². The van der Waals surface area contributed by atoms with E-state index in [4.69, 9.17) is 16.2 Å². The first-order valence-electron chi connectivity index (χ1n) is 4.97. The van der Waals surface area contributed by atoms with Crippen molar-refractivity contribution in [3.8, 4) is 5.75 Å². The molecule has 4 nitrogen and oxygen atoms in total. The van der Waals surface area contributed by atoms with Crippen LogP contribution in [-0.2, 0) is 11.2 Å². The van der Waals surface area contributed by atoms with Gasteiger partial charge in [0.2, 0.25) is 0 Å². The fourth-order valence-electron chi connectivity index (χ4n) is 1.94. The molecular formula is C11H14N2O2. The molecule has 15 heavy (non-hydrogen) atoms. The minimum atomic E-state index is -0.463. The van der Waals surface area contributed by atoms with Gasteiger partial charge in [0.25, 0.3) is 5.91 Å². The first-order chi connectivity index (χ1) is 7.18. The largest absolute Gasteiger partial charge is 0.483 e. The van der Waals surface area contributed by atoms with Gasteiger partial charge in [-0.05, 0) is 30.0 Å². The van der Waals surface area contributed by atoms with Crippen LogP contribution in [-0.4, -0.2) is 12.5 Å². The Kier molecular flexibility index (Phi) is 2.60. The fourth-order valence-corrected chi connectivity index (χ4v) is 1.94. The van der Waals surface area contributed by atoms with E-state index in [1.54, 1.807) is 0 Å². The van der Waals surface area contributed by atoms with E-state index in [-0.39, 0.29) is 12.6 Å². The summed E-state index contributed by atoms with van der Waals surface area (Å²) in [6.45, 7) is -0.0777. The summed E-state index contributed by atoms with van der Waals surface area (Å²) in [4.78, 5) is 10.6. The molecule has 0 spiro atoms. The maximum absolute atomic E-state index is 10.6. The first kappa shape index (κ1) is 9.98. The predicted octanol–water partition coefficient (Wildman–Crippen LogP) is 0.497. The molecular weight excluding hydrogens is 192 g/mol. The Balaban J connectivity index is 2.22. The summed E-state index contributed by atoms with van der Waals surface area (Å²) >= 11 is 0. The predicted molar refractivity (Wildman–Crippen MR) is 56.4 cm³/mol. The Morgan fingerprint density at radius 2 is 2.33 bits per heavy atom. The van der Waals surface area contributed by atoms with Crippen LogP contribution < -0.4 is 16.2 Å². The van der Waals surface area contributed by atoms with Crippen LogP contribution in [0.2, 0.25) is 0 Å². The van der Waals surface area contributed by atoms with E-state index < -0.39 is 5.91 Å². The molecule has 0 aromatic heterocycles. The highest BCUT2D eigenvalue weighted by Crippen LogP contribution is 2.35. The lowest BCUT2D eigenvalue weighted by Crippen LogP contribution is -2.20. The SMILES string of the molecule is NC(=O)COc1cccc2c1CCC2N. The Morgan fingerprint density at radius 1 is 1.53 bits per heavy atom. The minimum absolute atomic E-state index is 0.0777. The van der Waals surface area contributed by atoms with Gasteiger partial charge in [0.1, 0.15) is 5.75 Å². The van der Waals surface area contributed by atoms with Crippen LogP contribution in [0.1, 0.15) is 23.6 Å². The summed E-state index contributed by atoms with van der Waals surface area (Å²) in [5.41, 5.74) is 13.2. The van der Waals surface area contributed by atoms with E-state index in [2.05, 4.69) is 0 Å². The number of primary amides is 1. The number of ether oxygens (including phenoxy) is 1. The Labute approximate surface area is 88.2 Å². The summed E-state index contributed by atoms with van der Waals surface area (Å²) in [7, 11) is 0. The molecule has 1 aliphatic carbocycles. The van der Waals surface area contributed by atoms with Crippen LogP contribution in [0.25, 0.3) is 0 Å². The second-order valence-electron chi connectivity index (χ2n) is 3.72. The van der Waals surface area contributed by atoms with Crippen molar-refractivity contribution < 1.29 is 9.53 Å². The van der Waals surface area contributed by atoms with Gasteiger partial charge >= 0.3 is 0 Å². The number of hydrogen-bond acceptors (Lipinski definition) is 3. The lowest BCUT2D eigenvalue weighted by molar-refractivity contribution is -0.119. The van der Waals surface area contributed by atoms with Gasteiger partial charge in [-0.2, -0.15) is 0 Å². The second-order valence-corrected chi connectivity index (χ2v) is 3.72. The Bertz CT molecular complexity index is 390. The van der Waals surface area contributed by atoms with Crippen LogP contribution in [0.4, 0.5) is 0 Å². The molecule has 1 aromatic carbocycles. The zero-order valence-corrected chi connectivity index (χ0v) is 8.40. The standard InChI is InChI=1S/C11H14N2O2/c12-9-5-4-8-7(9)2-1-3-10(8)15-6-11(13)14/h1-3,9H,4-6,12H2,(H2,13,14). The molecule has 0 aliphatic heterocycles. The summed E-state index contributed by atoms with van der Waals surface area (Å²) < 4.78 is 5.33. The highest BCUT2D eigenvalue weighted by Gasteiger charge is 2.22. The van der Waals surface area contributed by atoms with Crippen molar-refractivity contribution in [2.75, 3.05) is 6.61 Å². The maximum atomic E-state index is 10.6.